The van der Waals surface area contributed by atoms with Gasteiger partial charge in [0.15, 0.2) is 0 Å². The van der Waals surface area contributed by atoms with E-state index in [9.17, 15) is 14.9 Å². The van der Waals surface area contributed by atoms with E-state index in [1.807, 2.05) is 0 Å². The Morgan fingerprint density at radius 2 is 2.06 bits per heavy atom. The highest BCUT2D eigenvalue weighted by Gasteiger charge is 2.16. The first-order valence-corrected chi connectivity index (χ1v) is 4.96. The van der Waals surface area contributed by atoms with E-state index >= 15 is 0 Å². The van der Waals surface area contributed by atoms with Crippen molar-refractivity contribution in [2.45, 2.75) is 0 Å². The molecule has 0 amide bonds. The molecular weight excluding hydrogens is 246 g/mol. The molecule has 0 aliphatic carbocycles. The van der Waals surface area contributed by atoms with E-state index in [-0.39, 0.29) is 16.8 Å². The molecular formula is C10H6ClN3O3. The molecule has 0 unspecified atom stereocenters. The van der Waals surface area contributed by atoms with Crippen molar-refractivity contribution >= 4 is 17.3 Å². The number of benzene rings is 1. The average Bonchev–Trinajstić information content (AvgIpc) is 2.29. The summed E-state index contributed by atoms with van der Waals surface area (Å²) < 4.78 is 0. The maximum Gasteiger partial charge on any atom is 0.278 e. The van der Waals surface area contributed by atoms with Gasteiger partial charge in [0, 0.05) is 17.2 Å². The minimum Gasteiger partial charge on any atom is -0.268 e. The van der Waals surface area contributed by atoms with Gasteiger partial charge in [0.2, 0.25) is 0 Å². The normalized spacial score (nSPS) is 10.2. The van der Waals surface area contributed by atoms with Gasteiger partial charge in [0.1, 0.15) is 0 Å². The summed E-state index contributed by atoms with van der Waals surface area (Å²) in [6.45, 7) is 0. The van der Waals surface area contributed by atoms with Crippen LogP contribution in [-0.2, 0) is 0 Å². The molecule has 1 aromatic heterocycles. The Bertz CT molecular complexity index is 618. The Labute approximate surface area is 100 Å². The van der Waals surface area contributed by atoms with Crippen LogP contribution >= 0.6 is 11.6 Å². The molecule has 1 aromatic carbocycles. The third kappa shape index (κ3) is 2.31. The summed E-state index contributed by atoms with van der Waals surface area (Å²) >= 11 is 5.78. The summed E-state index contributed by atoms with van der Waals surface area (Å²) in [6, 6.07) is 6.80. The molecule has 0 fully saturated rings. The van der Waals surface area contributed by atoms with Gasteiger partial charge >= 0.3 is 0 Å². The van der Waals surface area contributed by atoms with Crippen molar-refractivity contribution in [1.29, 1.82) is 0 Å². The van der Waals surface area contributed by atoms with Crippen LogP contribution in [0.2, 0.25) is 5.02 Å². The molecule has 1 N–H and O–H groups in total. The number of nitrogens with one attached hydrogen (secondary N) is 1. The highest BCUT2D eigenvalue weighted by molar-refractivity contribution is 6.31. The fourth-order valence-electron chi connectivity index (χ4n) is 1.37. The van der Waals surface area contributed by atoms with E-state index < -0.39 is 4.92 Å². The first-order chi connectivity index (χ1) is 8.08. The summed E-state index contributed by atoms with van der Waals surface area (Å²) in [6.07, 6.45) is 0. The van der Waals surface area contributed by atoms with E-state index in [2.05, 4.69) is 10.2 Å². The topological polar surface area (TPSA) is 88.9 Å². The van der Waals surface area contributed by atoms with Gasteiger partial charge in [-0.15, -0.1) is 0 Å². The van der Waals surface area contributed by atoms with Gasteiger partial charge in [0.05, 0.1) is 16.2 Å². The van der Waals surface area contributed by atoms with Crippen molar-refractivity contribution in [3.63, 3.8) is 0 Å². The fourth-order valence-corrected chi connectivity index (χ4v) is 1.54. The zero-order valence-corrected chi connectivity index (χ0v) is 9.14. The van der Waals surface area contributed by atoms with E-state index in [0.29, 0.717) is 10.7 Å². The molecule has 1 heterocycles. The van der Waals surface area contributed by atoms with Gasteiger partial charge in [-0.25, -0.2) is 5.10 Å². The fraction of sp³-hybridized carbons (Fsp3) is 0. The summed E-state index contributed by atoms with van der Waals surface area (Å²) in [4.78, 5) is 21.2. The second kappa shape index (κ2) is 4.34. The number of H-pyrrole nitrogens is 1. The summed E-state index contributed by atoms with van der Waals surface area (Å²) in [5.74, 6) is 0. The number of nitro groups is 1. The monoisotopic (exact) mass is 251 g/mol. The van der Waals surface area contributed by atoms with Crippen molar-refractivity contribution in [2.24, 2.45) is 0 Å². The molecule has 0 saturated heterocycles. The van der Waals surface area contributed by atoms with Gasteiger partial charge in [0.25, 0.3) is 11.2 Å². The van der Waals surface area contributed by atoms with Crippen LogP contribution in [0, 0.1) is 10.1 Å². The molecule has 86 valence electrons. The third-order valence-corrected chi connectivity index (χ3v) is 2.35. The van der Waals surface area contributed by atoms with Crippen LogP contribution in [0.4, 0.5) is 5.69 Å². The minimum atomic E-state index is -0.529. The van der Waals surface area contributed by atoms with Crippen molar-refractivity contribution in [3.8, 4) is 11.3 Å². The number of rotatable bonds is 2. The van der Waals surface area contributed by atoms with Crippen molar-refractivity contribution in [1.82, 2.24) is 10.2 Å². The lowest BCUT2D eigenvalue weighted by Crippen LogP contribution is -2.06. The van der Waals surface area contributed by atoms with Crippen LogP contribution in [0.5, 0.6) is 0 Å². The summed E-state index contributed by atoms with van der Waals surface area (Å²) in [7, 11) is 0. The predicted octanol–water partition coefficient (Wildman–Crippen LogP) is 2.00. The van der Waals surface area contributed by atoms with Crippen LogP contribution in [0.1, 0.15) is 0 Å². The molecule has 6 nitrogen and oxygen atoms in total. The van der Waals surface area contributed by atoms with Gasteiger partial charge in [-0.3, -0.25) is 14.9 Å². The van der Waals surface area contributed by atoms with Gasteiger partial charge < -0.3 is 0 Å². The molecule has 2 aromatic rings. The largest absolute Gasteiger partial charge is 0.278 e. The van der Waals surface area contributed by atoms with Crippen molar-refractivity contribution in [3.05, 3.63) is 55.8 Å². The average molecular weight is 252 g/mol. The lowest BCUT2D eigenvalue weighted by Gasteiger charge is -2.01. The standard InChI is InChI=1S/C10H6ClN3O3/c11-6-1-3-9(14(16)17)7(5-6)8-2-4-10(15)13-12-8/h1-5H,(H,13,15). The summed E-state index contributed by atoms with van der Waals surface area (Å²) in [5, 5.41) is 17.1. The van der Waals surface area contributed by atoms with E-state index in [1.165, 1.54) is 30.3 Å². The molecule has 17 heavy (non-hydrogen) atoms. The number of nitrogens with zero attached hydrogens (tertiary/aromatic N) is 2. The Morgan fingerprint density at radius 3 is 2.65 bits per heavy atom. The van der Waals surface area contributed by atoms with Crippen molar-refractivity contribution in [2.75, 3.05) is 0 Å². The van der Waals surface area contributed by atoms with E-state index in [0.717, 1.165) is 0 Å². The number of aromatic nitrogens is 2. The SMILES string of the molecule is O=c1ccc(-c2cc(Cl)ccc2[N+](=O)[O-])n[nH]1. The van der Waals surface area contributed by atoms with E-state index in [4.69, 9.17) is 11.6 Å². The van der Waals surface area contributed by atoms with Crippen LogP contribution < -0.4 is 5.56 Å². The van der Waals surface area contributed by atoms with Gasteiger partial charge in [-0.1, -0.05) is 11.6 Å². The van der Waals surface area contributed by atoms with Gasteiger partial charge in [-0.2, -0.15) is 5.10 Å². The molecule has 0 atom stereocenters. The summed E-state index contributed by atoms with van der Waals surface area (Å²) in [5.41, 5.74) is 0.0601. The quantitative estimate of drug-likeness (QED) is 0.653. The Hall–Kier alpha value is -2.21. The molecule has 7 heteroatoms. The number of nitro benzene ring substituents is 1. The number of hydrogen-bond donors (Lipinski definition) is 1. The Morgan fingerprint density at radius 1 is 1.29 bits per heavy atom. The van der Waals surface area contributed by atoms with E-state index in [1.54, 1.807) is 0 Å². The third-order valence-electron chi connectivity index (χ3n) is 2.11. The molecule has 0 aliphatic heterocycles. The van der Waals surface area contributed by atoms with Crippen LogP contribution in [0.25, 0.3) is 11.3 Å². The number of aromatic amines is 1. The van der Waals surface area contributed by atoms with Crippen LogP contribution in [0.15, 0.2) is 35.1 Å². The maximum absolute atomic E-state index is 10.9. The lowest BCUT2D eigenvalue weighted by atomic mass is 10.1. The zero-order valence-electron chi connectivity index (χ0n) is 8.38. The van der Waals surface area contributed by atoms with Gasteiger partial charge in [-0.05, 0) is 18.2 Å². The minimum absolute atomic E-state index is 0.117. The second-order valence-electron chi connectivity index (χ2n) is 3.23. The molecule has 0 saturated carbocycles. The Kier molecular flexibility index (Phi) is 2.88. The lowest BCUT2D eigenvalue weighted by molar-refractivity contribution is -0.384. The molecule has 0 bridgehead atoms. The highest BCUT2D eigenvalue weighted by atomic mass is 35.5. The van der Waals surface area contributed by atoms with Crippen LogP contribution in [-0.4, -0.2) is 15.1 Å². The second-order valence-corrected chi connectivity index (χ2v) is 3.66. The smallest absolute Gasteiger partial charge is 0.268 e. The predicted molar refractivity (Wildman–Crippen MR) is 62.0 cm³/mol. The molecule has 0 aliphatic rings. The molecule has 0 radical (unpaired) electrons. The first-order valence-electron chi connectivity index (χ1n) is 4.58. The number of hydrogen-bond acceptors (Lipinski definition) is 4. The first kappa shape index (κ1) is 11.3. The highest BCUT2D eigenvalue weighted by Crippen LogP contribution is 2.30. The Balaban J connectivity index is 2.64. The van der Waals surface area contributed by atoms with Crippen molar-refractivity contribution < 1.29 is 4.92 Å². The zero-order chi connectivity index (χ0) is 12.4. The number of halogens is 1. The maximum atomic E-state index is 10.9. The molecule has 0 spiro atoms. The van der Waals surface area contributed by atoms with Crippen LogP contribution in [0.3, 0.4) is 0 Å². The molecule has 2 rings (SSSR count).